The van der Waals surface area contributed by atoms with E-state index >= 15 is 0 Å². The number of hydrogen-bond donors (Lipinski definition) is 5. The second kappa shape index (κ2) is 23.3. The Bertz CT molecular complexity index is 719. The molecule has 1 amide bonds. The first-order chi connectivity index (χ1) is 18.5. The smallest absolute Gasteiger partial charge is 0.222 e. The van der Waals surface area contributed by atoms with E-state index in [1.54, 1.807) is 0 Å². The van der Waals surface area contributed by atoms with Crippen LogP contribution < -0.4 is 5.32 Å². The molecule has 0 aromatic carbocycles. The Morgan fingerprint density at radius 1 is 0.684 bits per heavy atom. The minimum absolute atomic E-state index is 0.290. The molecule has 7 heteroatoms. The van der Waals surface area contributed by atoms with Crippen LogP contribution in [0.5, 0.6) is 0 Å². The summed E-state index contributed by atoms with van der Waals surface area (Å²) in [6, 6.07) is 0. The third-order valence-electron chi connectivity index (χ3n) is 7.05. The van der Waals surface area contributed by atoms with Gasteiger partial charge < -0.3 is 30.5 Å². The number of aliphatic hydroxyl groups excluding tert-OH is 4. The molecule has 1 saturated heterocycles. The molecule has 0 spiro atoms. The maximum atomic E-state index is 12.1. The van der Waals surface area contributed by atoms with Crippen LogP contribution in [-0.2, 0) is 9.53 Å². The Labute approximate surface area is 231 Å². The molecule has 5 atom stereocenters. The maximum Gasteiger partial charge on any atom is 0.222 e. The number of amides is 1. The van der Waals surface area contributed by atoms with E-state index in [1.165, 1.54) is 64.2 Å². The SMILES string of the molecule is CCCCCCCCCCCCC#CC#CCCCCCCCCC(=O)N[C@@H]1O[C@H](CO)[C@@H](O)[C@H](O)[C@H]1O. The third-order valence-corrected chi connectivity index (χ3v) is 7.05. The maximum absolute atomic E-state index is 12.1. The van der Waals surface area contributed by atoms with Crippen LogP contribution in [0, 0.1) is 23.7 Å². The van der Waals surface area contributed by atoms with Gasteiger partial charge in [0.15, 0.2) is 6.23 Å². The number of carbonyl (C=O) groups excluding carboxylic acids is 1. The average Bonchev–Trinajstić information content (AvgIpc) is 2.91. The Morgan fingerprint density at radius 2 is 1.16 bits per heavy atom. The topological polar surface area (TPSA) is 119 Å². The van der Waals surface area contributed by atoms with E-state index in [9.17, 15) is 25.2 Å². The molecule has 0 aliphatic carbocycles. The molecular weight excluding hydrogens is 482 g/mol. The summed E-state index contributed by atoms with van der Waals surface area (Å²) in [5.41, 5.74) is 0. The van der Waals surface area contributed by atoms with Crippen LogP contribution in [0.2, 0.25) is 0 Å². The molecule has 0 unspecified atom stereocenters. The van der Waals surface area contributed by atoms with Crippen molar-refractivity contribution in [2.75, 3.05) is 6.61 Å². The molecule has 38 heavy (non-hydrogen) atoms. The minimum atomic E-state index is -1.49. The van der Waals surface area contributed by atoms with Crippen molar-refractivity contribution in [2.24, 2.45) is 0 Å². The van der Waals surface area contributed by atoms with Crippen molar-refractivity contribution >= 4 is 5.91 Å². The zero-order valence-corrected chi connectivity index (χ0v) is 23.6. The van der Waals surface area contributed by atoms with Crippen LogP contribution in [0.25, 0.3) is 0 Å². The highest BCUT2D eigenvalue weighted by atomic mass is 16.6. The highest BCUT2D eigenvalue weighted by Gasteiger charge is 2.43. The van der Waals surface area contributed by atoms with Crippen molar-refractivity contribution in [1.82, 2.24) is 5.32 Å². The van der Waals surface area contributed by atoms with E-state index in [1.807, 2.05) is 0 Å². The number of hydrogen-bond acceptors (Lipinski definition) is 6. The summed E-state index contributed by atoms with van der Waals surface area (Å²) < 4.78 is 5.29. The van der Waals surface area contributed by atoms with Gasteiger partial charge in [-0.25, -0.2) is 0 Å². The van der Waals surface area contributed by atoms with Crippen molar-refractivity contribution in [2.45, 2.75) is 160 Å². The quantitative estimate of drug-likeness (QED) is 0.117. The van der Waals surface area contributed by atoms with Crippen LogP contribution in [0.15, 0.2) is 0 Å². The second-order valence-electron chi connectivity index (χ2n) is 10.5. The normalized spacial score (nSPS) is 22.7. The average molecular weight is 536 g/mol. The lowest BCUT2D eigenvalue weighted by Gasteiger charge is -2.40. The lowest BCUT2D eigenvalue weighted by Crippen LogP contribution is -2.63. The zero-order valence-electron chi connectivity index (χ0n) is 23.6. The number of aliphatic hydroxyl groups is 4. The van der Waals surface area contributed by atoms with Crippen LogP contribution in [0.3, 0.4) is 0 Å². The number of nitrogens with one attached hydrogen (secondary N) is 1. The summed E-state index contributed by atoms with van der Waals surface area (Å²) in [7, 11) is 0. The van der Waals surface area contributed by atoms with E-state index in [0.29, 0.717) is 0 Å². The van der Waals surface area contributed by atoms with Crippen molar-refractivity contribution in [3.63, 3.8) is 0 Å². The molecule has 1 heterocycles. The van der Waals surface area contributed by atoms with Gasteiger partial charge in [-0.3, -0.25) is 4.79 Å². The number of ether oxygens (including phenoxy) is 1. The van der Waals surface area contributed by atoms with E-state index in [2.05, 4.69) is 35.9 Å². The van der Waals surface area contributed by atoms with E-state index in [4.69, 9.17) is 4.74 Å². The van der Waals surface area contributed by atoms with Gasteiger partial charge in [-0.05, 0) is 31.1 Å². The van der Waals surface area contributed by atoms with Crippen LogP contribution in [-0.4, -0.2) is 63.6 Å². The van der Waals surface area contributed by atoms with E-state index < -0.39 is 37.3 Å². The molecule has 1 rings (SSSR count). The molecule has 7 nitrogen and oxygen atoms in total. The van der Waals surface area contributed by atoms with Gasteiger partial charge >= 0.3 is 0 Å². The molecule has 0 radical (unpaired) electrons. The van der Waals surface area contributed by atoms with Crippen molar-refractivity contribution in [3.8, 4) is 23.7 Å². The molecule has 5 N–H and O–H groups in total. The Balaban J connectivity index is 1.93. The fourth-order valence-electron chi connectivity index (χ4n) is 4.57. The fourth-order valence-corrected chi connectivity index (χ4v) is 4.57. The Kier molecular flexibility index (Phi) is 21.1. The number of rotatable bonds is 20. The van der Waals surface area contributed by atoms with Gasteiger partial charge in [0.1, 0.15) is 24.4 Å². The second-order valence-corrected chi connectivity index (χ2v) is 10.5. The van der Waals surface area contributed by atoms with Crippen LogP contribution in [0.1, 0.15) is 129 Å². The highest BCUT2D eigenvalue weighted by Crippen LogP contribution is 2.20. The monoisotopic (exact) mass is 535 g/mol. The highest BCUT2D eigenvalue weighted by molar-refractivity contribution is 5.76. The molecule has 1 aliphatic heterocycles. The molecule has 0 aromatic heterocycles. The van der Waals surface area contributed by atoms with Crippen molar-refractivity contribution < 1.29 is 30.0 Å². The van der Waals surface area contributed by atoms with Crippen LogP contribution in [0.4, 0.5) is 0 Å². The van der Waals surface area contributed by atoms with Gasteiger partial charge in [0.2, 0.25) is 5.91 Å². The predicted octanol–water partition coefficient (Wildman–Crippen LogP) is 4.34. The molecule has 0 saturated carbocycles. The summed E-state index contributed by atoms with van der Waals surface area (Å²) in [6.45, 7) is 1.74. The fraction of sp³-hybridized carbons (Fsp3) is 0.839. The third kappa shape index (κ3) is 16.4. The van der Waals surface area contributed by atoms with Gasteiger partial charge in [0.25, 0.3) is 0 Å². The molecule has 1 fully saturated rings. The summed E-state index contributed by atoms with van der Waals surface area (Å²) >= 11 is 0. The summed E-state index contributed by atoms with van der Waals surface area (Å²) in [5.74, 6) is 12.0. The zero-order chi connectivity index (χ0) is 27.8. The van der Waals surface area contributed by atoms with Gasteiger partial charge in [0, 0.05) is 19.3 Å². The lowest BCUT2D eigenvalue weighted by atomic mass is 9.98. The van der Waals surface area contributed by atoms with E-state index in [-0.39, 0.29) is 12.3 Å². The standard InChI is InChI=1S/C31H53NO6/c1-2-3-4-5-6-7-8-9-10-11-12-13-14-15-16-17-18-19-20-21-22-23-24-27(34)32-31-30(37)29(36)28(35)26(25-33)38-31/h26,28-31,33,35-37H,2-12,17-25H2,1H3,(H,32,34)/t26-,28-,29+,30-,31-/m1/s1. The van der Waals surface area contributed by atoms with Gasteiger partial charge in [-0.1, -0.05) is 102 Å². The Morgan fingerprint density at radius 3 is 1.66 bits per heavy atom. The first kappa shape index (κ1) is 34.4. The summed E-state index contributed by atoms with van der Waals surface area (Å²) in [6.07, 6.45) is 15.0. The largest absolute Gasteiger partial charge is 0.394 e. The lowest BCUT2D eigenvalue weighted by molar-refractivity contribution is -0.236. The summed E-state index contributed by atoms with van der Waals surface area (Å²) in [5, 5.41) is 41.3. The van der Waals surface area contributed by atoms with Gasteiger partial charge in [-0.15, -0.1) is 0 Å². The molecular formula is C31H53NO6. The molecule has 1 aliphatic rings. The molecule has 218 valence electrons. The number of unbranched alkanes of at least 4 members (excludes halogenated alkanes) is 16. The van der Waals surface area contributed by atoms with Crippen LogP contribution >= 0.6 is 0 Å². The molecule has 0 bridgehead atoms. The van der Waals surface area contributed by atoms with Gasteiger partial charge in [0.05, 0.1) is 6.61 Å². The predicted molar refractivity (Wildman–Crippen MR) is 151 cm³/mol. The van der Waals surface area contributed by atoms with Crippen molar-refractivity contribution in [3.05, 3.63) is 0 Å². The Hall–Kier alpha value is -1.61. The first-order valence-electron chi connectivity index (χ1n) is 15.1. The minimum Gasteiger partial charge on any atom is -0.394 e. The first-order valence-corrected chi connectivity index (χ1v) is 15.1. The van der Waals surface area contributed by atoms with Crippen molar-refractivity contribution in [1.29, 1.82) is 0 Å². The van der Waals surface area contributed by atoms with E-state index in [0.717, 1.165) is 51.4 Å². The molecule has 0 aromatic rings. The number of carbonyl (C=O) groups is 1. The van der Waals surface area contributed by atoms with Gasteiger partial charge in [-0.2, -0.15) is 0 Å². The summed E-state index contributed by atoms with van der Waals surface area (Å²) in [4.78, 5) is 12.1.